The lowest BCUT2D eigenvalue weighted by Crippen LogP contribution is -2.45. The van der Waals surface area contributed by atoms with Crippen LogP contribution in [0.5, 0.6) is 11.5 Å². The van der Waals surface area contributed by atoms with Crippen LogP contribution in [0.3, 0.4) is 0 Å². The molecular formula is C27H29FO5. The van der Waals surface area contributed by atoms with Gasteiger partial charge in [-0.1, -0.05) is 31.5 Å². The molecule has 0 bridgehead atoms. The van der Waals surface area contributed by atoms with Crippen molar-refractivity contribution in [3.05, 3.63) is 65.7 Å². The van der Waals surface area contributed by atoms with Gasteiger partial charge in [0.05, 0.1) is 30.5 Å². The molecule has 1 saturated carbocycles. The van der Waals surface area contributed by atoms with Gasteiger partial charge in [0.25, 0.3) is 0 Å². The summed E-state index contributed by atoms with van der Waals surface area (Å²) in [5.41, 5.74) is 2.33. The third-order valence-electron chi connectivity index (χ3n) is 6.85. The first-order chi connectivity index (χ1) is 16.1. The molecule has 0 radical (unpaired) electrons. The van der Waals surface area contributed by atoms with Crippen molar-refractivity contribution >= 4 is 11.4 Å². The second-order valence-electron chi connectivity index (χ2n) is 9.03. The normalized spacial score (nSPS) is 26.2. The molecule has 2 heterocycles. The summed E-state index contributed by atoms with van der Waals surface area (Å²) >= 11 is 0. The minimum atomic E-state index is -0.252. The third-order valence-corrected chi connectivity index (χ3v) is 6.85. The van der Waals surface area contributed by atoms with Gasteiger partial charge in [0.15, 0.2) is 17.3 Å². The van der Waals surface area contributed by atoms with Crippen LogP contribution in [-0.2, 0) is 20.9 Å². The molecule has 3 aliphatic rings. The van der Waals surface area contributed by atoms with E-state index in [1.165, 1.54) is 12.1 Å². The number of carbonyl (C=O) groups is 1. The Bertz CT molecular complexity index is 1030. The summed E-state index contributed by atoms with van der Waals surface area (Å²) in [4.78, 5) is 13.5. The zero-order valence-corrected chi connectivity index (χ0v) is 18.8. The van der Waals surface area contributed by atoms with Gasteiger partial charge in [-0.2, -0.15) is 0 Å². The predicted molar refractivity (Wildman–Crippen MR) is 121 cm³/mol. The predicted octanol–water partition coefficient (Wildman–Crippen LogP) is 5.32. The molecule has 4 atom stereocenters. The van der Waals surface area contributed by atoms with E-state index in [1.807, 2.05) is 18.2 Å². The zero-order valence-electron chi connectivity index (χ0n) is 18.8. The average Bonchev–Trinajstić information content (AvgIpc) is 2.84. The maximum Gasteiger partial charge on any atom is 0.173 e. The number of Topliss-reactive ketones (excluding diaryl/α,β-unsaturated/α-hetero) is 1. The van der Waals surface area contributed by atoms with Gasteiger partial charge in [-0.05, 0) is 54.2 Å². The molecule has 33 heavy (non-hydrogen) atoms. The van der Waals surface area contributed by atoms with Crippen molar-refractivity contribution in [2.24, 2.45) is 11.8 Å². The highest BCUT2D eigenvalue weighted by Gasteiger charge is 2.44. The highest BCUT2D eigenvalue weighted by Crippen LogP contribution is 2.42. The van der Waals surface area contributed by atoms with Gasteiger partial charge < -0.3 is 18.9 Å². The molecule has 5 nitrogen and oxygen atoms in total. The Morgan fingerprint density at radius 1 is 1.03 bits per heavy atom. The van der Waals surface area contributed by atoms with E-state index in [4.69, 9.17) is 18.9 Å². The van der Waals surface area contributed by atoms with E-state index in [-0.39, 0.29) is 35.6 Å². The molecule has 0 aromatic heterocycles. The molecule has 2 aromatic rings. The topological polar surface area (TPSA) is 54.0 Å². The molecule has 2 aliphatic heterocycles. The van der Waals surface area contributed by atoms with Crippen LogP contribution in [0.1, 0.15) is 43.7 Å². The van der Waals surface area contributed by atoms with Gasteiger partial charge in [-0.25, -0.2) is 4.39 Å². The molecule has 1 aliphatic carbocycles. The smallest absolute Gasteiger partial charge is 0.173 e. The average molecular weight is 453 g/mol. The van der Waals surface area contributed by atoms with E-state index in [2.05, 4.69) is 6.92 Å². The lowest BCUT2D eigenvalue weighted by molar-refractivity contribution is -0.133. The molecule has 0 spiro atoms. The molecule has 0 amide bonds. The van der Waals surface area contributed by atoms with Crippen LogP contribution in [0.15, 0.2) is 48.7 Å². The first kappa shape index (κ1) is 22.0. The van der Waals surface area contributed by atoms with E-state index in [0.717, 1.165) is 30.4 Å². The number of fused-ring (bicyclic) bond motifs is 2. The van der Waals surface area contributed by atoms with Gasteiger partial charge in [0.1, 0.15) is 25.1 Å². The van der Waals surface area contributed by atoms with Crippen molar-refractivity contribution in [1.82, 2.24) is 0 Å². The van der Waals surface area contributed by atoms with Crippen LogP contribution < -0.4 is 9.47 Å². The fraction of sp³-hybridized carbons (Fsp3) is 0.444. The summed E-state index contributed by atoms with van der Waals surface area (Å²) in [6.45, 7) is 3.62. The van der Waals surface area contributed by atoms with Crippen molar-refractivity contribution in [1.29, 1.82) is 0 Å². The van der Waals surface area contributed by atoms with Gasteiger partial charge in [-0.3, -0.25) is 4.79 Å². The van der Waals surface area contributed by atoms with Crippen LogP contribution >= 0.6 is 0 Å². The largest absolute Gasteiger partial charge is 0.496 e. The van der Waals surface area contributed by atoms with Crippen LogP contribution in [0.2, 0.25) is 0 Å². The fourth-order valence-corrected chi connectivity index (χ4v) is 5.14. The monoisotopic (exact) mass is 452 g/mol. The Balaban J connectivity index is 1.31. The van der Waals surface area contributed by atoms with E-state index < -0.39 is 0 Å². The van der Waals surface area contributed by atoms with Crippen molar-refractivity contribution in [2.45, 2.75) is 51.4 Å². The van der Waals surface area contributed by atoms with Gasteiger partial charge in [0.2, 0.25) is 0 Å². The maximum atomic E-state index is 13.5. The lowest BCUT2D eigenvalue weighted by atomic mass is 9.71. The van der Waals surface area contributed by atoms with Crippen LogP contribution in [0.4, 0.5) is 4.39 Å². The van der Waals surface area contributed by atoms with E-state index in [0.29, 0.717) is 43.3 Å². The molecule has 0 N–H and O–H groups in total. The second kappa shape index (κ2) is 9.56. The third kappa shape index (κ3) is 4.62. The van der Waals surface area contributed by atoms with Crippen molar-refractivity contribution in [3.8, 4) is 11.5 Å². The SMILES string of the molecule is CCCC1CC2C(=O)C(c3ccc4c(c3)OCCO4)=COC2CC1OCc1ccc(F)cc1. The number of hydrogen-bond donors (Lipinski definition) is 0. The summed E-state index contributed by atoms with van der Waals surface area (Å²) in [7, 11) is 0. The molecule has 4 unspecified atom stereocenters. The van der Waals surface area contributed by atoms with E-state index >= 15 is 0 Å². The van der Waals surface area contributed by atoms with Crippen LogP contribution in [-0.4, -0.2) is 31.2 Å². The Kier molecular flexibility index (Phi) is 6.36. The first-order valence-corrected chi connectivity index (χ1v) is 11.8. The number of hydrogen-bond acceptors (Lipinski definition) is 5. The highest BCUT2D eigenvalue weighted by molar-refractivity contribution is 6.22. The number of carbonyl (C=O) groups excluding carboxylic acids is 1. The van der Waals surface area contributed by atoms with E-state index in [1.54, 1.807) is 18.4 Å². The van der Waals surface area contributed by atoms with E-state index in [9.17, 15) is 9.18 Å². The minimum absolute atomic E-state index is 0.00768. The summed E-state index contributed by atoms with van der Waals surface area (Å²) in [6.07, 6.45) is 4.86. The summed E-state index contributed by atoms with van der Waals surface area (Å²) < 4.78 is 36.9. The Labute approximate surface area is 193 Å². The van der Waals surface area contributed by atoms with Crippen LogP contribution in [0.25, 0.3) is 5.57 Å². The van der Waals surface area contributed by atoms with Gasteiger partial charge in [-0.15, -0.1) is 0 Å². The van der Waals surface area contributed by atoms with Crippen molar-refractivity contribution in [3.63, 3.8) is 0 Å². The maximum absolute atomic E-state index is 13.5. The quantitative estimate of drug-likeness (QED) is 0.594. The molecule has 1 fully saturated rings. The lowest BCUT2D eigenvalue weighted by Gasteiger charge is -2.42. The van der Waals surface area contributed by atoms with Crippen LogP contribution in [0, 0.1) is 17.7 Å². The Morgan fingerprint density at radius 3 is 2.61 bits per heavy atom. The number of ketones is 1. The Hall–Kier alpha value is -2.86. The number of halogens is 1. The fourth-order valence-electron chi connectivity index (χ4n) is 5.14. The van der Waals surface area contributed by atoms with Crippen molar-refractivity contribution < 1.29 is 28.1 Å². The summed E-state index contributed by atoms with van der Waals surface area (Å²) in [5.74, 6) is 1.34. The molecule has 5 rings (SSSR count). The Morgan fingerprint density at radius 2 is 1.82 bits per heavy atom. The van der Waals surface area contributed by atoms with Gasteiger partial charge >= 0.3 is 0 Å². The standard InChI is InChI=1S/C27H29FO5/c1-2-3-19-12-21-25(14-24(19)32-15-17-4-7-20(28)8-5-17)33-16-22(27(21)29)18-6-9-23-26(13-18)31-11-10-30-23/h4-9,13,16,19,21,24-25H,2-3,10-12,14-15H2,1H3. The minimum Gasteiger partial charge on any atom is -0.496 e. The second-order valence-corrected chi connectivity index (χ2v) is 9.03. The number of allylic oxidation sites excluding steroid dienone is 1. The molecule has 2 aromatic carbocycles. The zero-order chi connectivity index (χ0) is 22.8. The highest BCUT2D eigenvalue weighted by atomic mass is 19.1. The molecule has 6 heteroatoms. The summed E-state index contributed by atoms with van der Waals surface area (Å²) in [6, 6.07) is 12.0. The number of ether oxygens (including phenoxy) is 4. The number of rotatable bonds is 6. The first-order valence-electron chi connectivity index (χ1n) is 11.8. The molecular weight excluding hydrogens is 423 g/mol. The number of benzene rings is 2. The molecule has 0 saturated heterocycles. The van der Waals surface area contributed by atoms with Gasteiger partial charge in [0, 0.05) is 6.42 Å². The molecule has 174 valence electrons. The summed E-state index contributed by atoms with van der Waals surface area (Å²) in [5, 5.41) is 0. The van der Waals surface area contributed by atoms with Crippen molar-refractivity contribution in [2.75, 3.05) is 13.2 Å².